The minimum Gasteiger partial charge on any atom is -0.481 e. The van der Waals surface area contributed by atoms with Crippen LogP contribution in [0.25, 0.3) is 0 Å². The minimum atomic E-state index is -1.61. The van der Waals surface area contributed by atoms with Gasteiger partial charge in [-0.15, -0.1) is 5.06 Å². The van der Waals surface area contributed by atoms with E-state index in [2.05, 4.69) is 4.84 Å². The predicted molar refractivity (Wildman–Crippen MR) is 55.2 cm³/mol. The molecule has 9 nitrogen and oxygen atoms in total. The third-order valence-corrected chi connectivity index (χ3v) is 2.10. The van der Waals surface area contributed by atoms with Crippen LogP contribution in [0.2, 0.25) is 0 Å². The van der Waals surface area contributed by atoms with E-state index in [9.17, 15) is 24.0 Å². The summed E-state index contributed by atoms with van der Waals surface area (Å²) in [7, 11) is 0. The summed E-state index contributed by atoms with van der Waals surface area (Å²) in [5, 5.41) is 17.3. The lowest BCUT2D eigenvalue weighted by Gasteiger charge is -2.10. The minimum absolute atomic E-state index is 0.100. The Kier molecular flexibility index (Phi) is 4.35. The van der Waals surface area contributed by atoms with Crippen LogP contribution >= 0.6 is 0 Å². The first-order valence-electron chi connectivity index (χ1n) is 5.04. The molecule has 0 unspecified atom stereocenters. The molecule has 1 aliphatic heterocycles. The van der Waals surface area contributed by atoms with Crippen LogP contribution in [0.5, 0.6) is 0 Å². The second kappa shape index (κ2) is 5.76. The zero-order valence-electron chi connectivity index (χ0n) is 9.49. The summed E-state index contributed by atoms with van der Waals surface area (Å²) < 4.78 is 0. The van der Waals surface area contributed by atoms with Crippen molar-refractivity contribution in [1.82, 2.24) is 5.06 Å². The maximum absolute atomic E-state index is 11.3. The molecule has 2 N–H and O–H groups in total. The summed E-state index contributed by atoms with van der Waals surface area (Å²) >= 11 is 0. The van der Waals surface area contributed by atoms with Crippen molar-refractivity contribution in [3.8, 4) is 0 Å². The Labute approximate surface area is 106 Å². The fourth-order valence-corrected chi connectivity index (χ4v) is 1.27. The van der Waals surface area contributed by atoms with E-state index in [1.165, 1.54) is 0 Å². The number of rotatable bonds is 5. The molecule has 19 heavy (non-hydrogen) atoms. The topological polar surface area (TPSA) is 138 Å². The lowest BCUT2D eigenvalue weighted by Crippen LogP contribution is -2.31. The van der Waals surface area contributed by atoms with Gasteiger partial charge < -0.3 is 15.1 Å². The number of aliphatic carboxylic acids is 2. The first-order valence-corrected chi connectivity index (χ1v) is 5.04. The molecule has 9 heteroatoms. The molecule has 2 amide bonds. The molecule has 0 aliphatic carbocycles. The van der Waals surface area contributed by atoms with Gasteiger partial charge in [-0.2, -0.15) is 0 Å². The van der Waals surface area contributed by atoms with E-state index in [-0.39, 0.29) is 17.9 Å². The Morgan fingerprint density at radius 3 is 2.11 bits per heavy atom. The van der Waals surface area contributed by atoms with Crippen molar-refractivity contribution in [2.45, 2.75) is 19.3 Å². The molecule has 0 aromatic rings. The summed E-state index contributed by atoms with van der Waals surface area (Å²) in [6.45, 7) is 0. The molecule has 0 aromatic heterocycles. The molecule has 0 aromatic carbocycles. The number of imide groups is 1. The van der Waals surface area contributed by atoms with Gasteiger partial charge in [0, 0.05) is 18.9 Å². The predicted octanol–water partition coefficient (Wildman–Crippen LogP) is -0.921. The molecule has 1 heterocycles. The monoisotopic (exact) mass is 271 g/mol. The first kappa shape index (κ1) is 14.4. The van der Waals surface area contributed by atoms with Crippen LogP contribution in [0, 0.1) is 0 Å². The first-order chi connectivity index (χ1) is 8.81. The van der Waals surface area contributed by atoms with Crippen LogP contribution in [0.4, 0.5) is 0 Å². The van der Waals surface area contributed by atoms with Crippen LogP contribution in [0.3, 0.4) is 0 Å². The summed E-state index contributed by atoms with van der Waals surface area (Å²) in [6, 6.07) is 0. The van der Waals surface area contributed by atoms with Crippen LogP contribution in [0.15, 0.2) is 11.6 Å². The third kappa shape index (κ3) is 3.91. The van der Waals surface area contributed by atoms with Gasteiger partial charge in [0.25, 0.3) is 11.8 Å². The molecule has 1 aliphatic rings. The summed E-state index contributed by atoms with van der Waals surface area (Å²) in [5.74, 6) is -5.81. The van der Waals surface area contributed by atoms with Gasteiger partial charge in [-0.05, 0) is 0 Å². The van der Waals surface area contributed by atoms with Crippen molar-refractivity contribution in [2.24, 2.45) is 0 Å². The fourth-order valence-electron chi connectivity index (χ4n) is 1.27. The highest BCUT2D eigenvalue weighted by Gasteiger charge is 2.32. The SMILES string of the molecule is O=C(O)C/C(=C/C(=O)ON1C(=O)CCC1=O)C(=O)O. The Bertz CT molecular complexity index is 476. The number of carboxylic acid groups (broad SMARTS) is 2. The van der Waals surface area contributed by atoms with Crippen LogP contribution in [-0.4, -0.2) is 45.0 Å². The number of hydroxylamine groups is 2. The van der Waals surface area contributed by atoms with Crippen molar-refractivity contribution >= 4 is 29.7 Å². The number of amides is 2. The average molecular weight is 271 g/mol. The molecular formula is C10H9NO8. The highest BCUT2D eigenvalue weighted by atomic mass is 16.7. The molecule has 1 fully saturated rings. The van der Waals surface area contributed by atoms with Gasteiger partial charge in [-0.1, -0.05) is 0 Å². The molecule has 1 saturated heterocycles. The lowest BCUT2D eigenvalue weighted by atomic mass is 10.2. The van der Waals surface area contributed by atoms with Crippen molar-refractivity contribution in [3.05, 3.63) is 11.6 Å². The Morgan fingerprint density at radius 1 is 1.16 bits per heavy atom. The van der Waals surface area contributed by atoms with Gasteiger partial charge >= 0.3 is 17.9 Å². The van der Waals surface area contributed by atoms with Gasteiger partial charge in [0.2, 0.25) is 0 Å². The zero-order chi connectivity index (χ0) is 14.6. The Balaban J connectivity index is 2.76. The van der Waals surface area contributed by atoms with Gasteiger partial charge in [-0.25, -0.2) is 9.59 Å². The Hall–Kier alpha value is -2.71. The lowest BCUT2D eigenvalue weighted by molar-refractivity contribution is -0.193. The Morgan fingerprint density at radius 2 is 1.68 bits per heavy atom. The van der Waals surface area contributed by atoms with Gasteiger partial charge in [0.1, 0.15) is 0 Å². The molecule has 0 bridgehead atoms. The second-order valence-corrected chi connectivity index (χ2v) is 3.54. The molecule has 0 spiro atoms. The van der Waals surface area contributed by atoms with E-state index in [1.807, 2.05) is 0 Å². The molecule has 1 rings (SSSR count). The second-order valence-electron chi connectivity index (χ2n) is 3.54. The van der Waals surface area contributed by atoms with Gasteiger partial charge in [0.05, 0.1) is 12.0 Å². The average Bonchev–Trinajstić information content (AvgIpc) is 2.59. The maximum Gasteiger partial charge on any atom is 0.357 e. The van der Waals surface area contributed by atoms with E-state index in [1.54, 1.807) is 0 Å². The normalized spacial score (nSPS) is 15.6. The van der Waals surface area contributed by atoms with Crippen LogP contribution in [0.1, 0.15) is 19.3 Å². The molecule has 102 valence electrons. The van der Waals surface area contributed by atoms with Crippen molar-refractivity contribution in [1.29, 1.82) is 0 Å². The van der Waals surface area contributed by atoms with E-state index in [4.69, 9.17) is 10.2 Å². The van der Waals surface area contributed by atoms with E-state index < -0.39 is 41.7 Å². The highest BCUT2D eigenvalue weighted by Crippen LogP contribution is 2.13. The smallest absolute Gasteiger partial charge is 0.357 e. The number of hydrogen-bond acceptors (Lipinski definition) is 6. The van der Waals surface area contributed by atoms with Gasteiger partial charge in [0.15, 0.2) is 0 Å². The molecular weight excluding hydrogens is 262 g/mol. The number of carbonyl (C=O) groups excluding carboxylic acids is 3. The number of carbonyl (C=O) groups is 5. The molecule has 0 atom stereocenters. The van der Waals surface area contributed by atoms with Crippen LogP contribution < -0.4 is 0 Å². The number of nitrogens with zero attached hydrogens (tertiary/aromatic N) is 1. The van der Waals surface area contributed by atoms with Crippen molar-refractivity contribution < 1.29 is 39.0 Å². The van der Waals surface area contributed by atoms with E-state index >= 15 is 0 Å². The van der Waals surface area contributed by atoms with Crippen LogP contribution in [-0.2, 0) is 28.8 Å². The summed E-state index contributed by atoms with van der Waals surface area (Å²) in [6.07, 6.45) is -0.685. The van der Waals surface area contributed by atoms with E-state index in [0.717, 1.165) is 0 Å². The quantitative estimate of drug-likeness (QED) is 0.483. The summed E-state index contributed by atoms with van der Waals surface area (Å²) in [4.78, 5) is 58.9. The standard InChI is InChI=1S/C10H9NO8/c12-6-1-2-7(13)11(6)19-9(16)4-5(10(17)18)3-8(14)15/h4H,1-3H2,(H,14,15)(H,17,18)/b5-4-. The van der Waals surface area contributed by atoms with Crippen molar-refractivity contribution in [3.63, 3.8) is 0 Å². The fraction of sp³-hybridized carbons (Fsp3) is 0.300. The summed E-state index contributed by atoms with van der Waals surface area (Å²) in [5.41, 5.74) is -0.725. The maximum atomic E-state index is 11.3. The molecule has 0 radical (unpaired) electrons. The zero-order valence-corrected chi connectivity index (χ0v) is 9.49. The van der Waals surface area contributed by atoms with Gasteiger partial charge in [-0.3, -0.25) is 14.4 Å². The van der Waals surface area contributed by atoms with Crippen molar-refractivity contribution in [2.75, 3.05) is 0 Å². The molecule has 0 saturated carbocycles. The number of hydrogen-bond donors (Lipinski definition) is 2. The third-order valence-electron chi connectivity index (χ3n) is 2.10. The highest BCUT2D eigenvalue weighted by molar-refractivity contribution is 6.03. The van der Waals surface area contributed by atoms with E-state index in [0.29, 0.717) is 6.08 Å². The number of carboxylic acids is 2. The largest absolute Gasteiger partial charge is 0.481 e.